The first-order valence-corrected chi connectivity index (χ1v) is 8.93. The van der Waals surface area contributed by atoms with Gasteiger partial charge in [0, 0.05) is 38.3 Å². The van der Waals surface area contributed by atoms with Crippen LogP contribution in [0.15, 0.2) is 18.3 Å². The third kappa shape index (κ3) is 5.09. The van der Waals surface area contributed by atoms with E-state index in [2.05, 4.69) is 11.9 Å². The van der Waals surface area contributed by atoms with Gasteiger partial charge < -0.3 is 9.80 Å². The summed E-state index contributed by atoms with van der Waals surface area (Å²) >= 11 is 0. The molecule has 1 fully saturated rings. The lowest BCUT2D eigenvalue weighted by Crippen LogP contribution is -2.50. The van der Waals surface area contributed by atoms with Gasteiger partial charge in [-0.2, -0.15) is 13.2 Å². The van der Waals surface area contributed by atoms with E-state index in [1.165, 1.54) is 6.07 Å². The van der Waals surface area contributed by atoms with Crippen LogP contribution in [-0.4, -0.2) is 42.0 Å². The Kier molecular flexibility index (Phi) is 6.67. The molecule has 0 aliphatic carbocycles. The highest BCUT2D eigenvalue weighted by Gasteiger charge is 2.31. The topological polar surface area (TPSA) is 36.4 Å². The highest BCUT2D eigenvalue weighted by molar-refractivity contribution is 5.79. The summed E-state index contributed by atoms with van der Waals surface area (Å²) in [5, 5.41) is 0. The van der Waals surface area contributed by atoms with E-state index in [1.54, 1.807) is 0 Å². The number of amides is 1. The molecule has 1 aliphatic rings. The van der Waals surface area contributed by atoms with Gasteiger partial charge >= 0.3 is 6.18 Å². The number of hydrogen-bond acceptors (Lipinski definition) is 3. The van der Waals surface area contributed by atoms with E-state index >= 15 is 0 Å². The number of anilines is 1. The molecule has 1 atom stereocenters. The minimum Gasteiger partial charge on any atom is -0.353 e. The summed E-state index contributed by atoms with van der Waals surface area (Å²) in [6.45, 7) is 6.52. The van der Waals surface area contributed by atoms with Gasteiger partial charge in [0.05, 0.1) is 5.56 Å². The summed E-state index contributed by atoms with van der Waals surface area (Å²) in [5.41, 5.74) is -0.744. The van der Waals surface area contributed by atoms with Crippen molar-refractivity contribution in [2.75, 3.05) is 31.1 Å². The van der Waals surface area contributed by atoms with Crippen molar-refractivity contribution in [2.45, 2.75) is 45.7 Å². The van der Waals surface area contributed by atoms with Crippen LogP contribution in [0.25, 0.3) is 0 Å². The largest absolute Gasteiger partial charge is 0.417 e. The Labute approximate surface area is 147 Å². The molecule has 1 aromatic heterocycles. The van der Waals surface area contributed by atoms with E-state index in [4.69, 9.17) is 0 Å². The molecular weight excluding hydrogens is 331 g/mol. The molecule has 1 aromatic rings. The van der Waals surface area contributed by atoms with Crippen LogP contribution in [-0.2, 0) is 11.0 Å². The second-order valence-electron chi connectivity index (χ2n) is 6.46. The summed E-state index contributed by atoms with van der Waals surface area (Å²) in [6, 6.07) is 2.45. The van der Waals surface area contributed by atoms with Crippen molar-refractivity contribution in [3.8, 4) is 0 Å². The third-order valence-corrected chi connectivity index (χ3v) is 4.74. The van der Waals surface area contributed by atoms with Gasteiger partial charge in [0.25, 0.3) is 0 Å². The van der Waals surface area contributed by atoms with Crippen molar-refractivity contribution in [1.29, 1.82) is 0 Å². The number of carbonyl (C=O) groups excluding carboxylic acids is 1. The highest BCUT2D eigenvalue weighted by atomic mass is 19.4. The molecule has 2 rings (SSSR count). The number of aromatic nitrogens is 1. The molecule has 0 bridgehead atoms. The number of alkyl halides is 3. The third-order valence-electron chi connectivity index (χ3n) is 4.74. The molecule has 4 nitrogen and oxygen atoms in total. The molecule has 0 spiro atoms. The zero-order chi connectivity index (χ0) is 18.4. The van der Waals surface area contributed by atoms with E-state index in [0.29, 0.717) is 32.0 Å². The smallest absolute Gasteiger partial charge is 0.353 e. The van der Waals surface area contributed by atoms with Crippen LogP contribution < -0.4 is 4.90 Å². The number of piperazine rings is 1. The van der Waals surface area contributed by atoms with Crippen LogP contribution in [0.1, 0.15) is 45.1 Å². The predicted molar refractivity (Wildman–Crippen MR) is 91.3 cm³/mol. The van der Waals surface area contributed by atoms with Crippen LogP contribution >= 0.6 is 0 Å². The molecule has 0 N–H and O–H groups in total. The fourth-order valence-corrected chi connectivity index (χ4v) is 3.11. The molecule has 1 amide bonds. The fourth-order valence-electron chi connectivity index (χ4n) is 3.11. The lowest BCUT2D eigenvalue weighted by molar-refractivity contribution is -0.138. The van der Waals surface area contributed by atoms with E-state index in [0.717, 1.165) is 37.9 Å². The molecule has 1 aliphatic heterocycles. The normalized spacial score (nSPS) is 16.8. The fraction of sp³-hybridized carbons (Fsp3) is 0.667. The summed E-state index contributed by atoms with van der Waals surface area (Å²) in [5.74, 6) is 0.810. The highest BCUT2D eigenvalue weighted by Crippen LogP contribution is 2.29. The van der Waals surface area contributed by atoms with Gasteiger partial charge in [-0.1, -0.05) is 26.7 Å². The SMILES string of the molecule is CCCCC(CC)C(=O)N1CCN(c2ccc(C(F)(F)F)cn2)CC1. The Morgan fingerprint density at radius 1 is 1.20 bits per heavy atom. The van der Waals surface area contributed by atoms with E-state index in [1.807, 2.05) is 16.7 Å². The number of carbonyl (C=O) groups is 1. The maximum absolute atomic E-state index is 12.6. The second kappa shape index (κ2) is 8.54. The minimum absolute atomic E-state index is 0.0793. The zero-order valence-corrected chi connectivity index (χ0v) is 14.9. The van der Waals surface area contributed by atoms with E-state index in [9.17, 15) is 18.0 Å². The van der Waals surface area contributed by atoms with Crippen LogP contribution in [0.5, 0.6) is 0 Å². The first-order valence-electron chi connectivity index (χ1n) is 8.93. The van der Waals surface area contributed by atoms with Crippen molar-refractivity contribution in [2.24, 2.45) is 5.92 Å². The van der Waals surface area contributed by atoms with Crippen LogP contribution in [0.4, 0.5) is 19.0 Å². The maximum Gasteiger partial charge on any atom is 0.417 e. The summed E-state index contributed by atoms with van der Waals surface area (Å²) in [7, 11) is 0. The molecular formula is C18H26F3N3O. The minimum atomic E-state index is -4.37. The molecule has 0 aromatic carbocycles. The molecule has 0 saturated carbocycles. The molecule has 0 radical (unpaired) electrons. The molecule has 7 heteroatoms. The van der Waals surface area contributed by atoms with Crippen molar-refractivity contribution < 1.29 is 18.0 Å². The van der Waals surface area contributed by atoms with Crippen molar-refractivity contribution in [3.63, 3.8) is 0 Å². The number of rotatable bonds is 6. The van der Waals surface area contributed by atoms with Crippen molar-refractivity contribution >= 4 is 11.7 Å². The molecule has 2 heterocycles. The average Bonchev–Trinajstić information content (AvgIpc) is 2.61. The number of pyridine rings is 1. The monoisotopic (exact) mass is 357 g/mol. The van der Waals surface area contributed by atoms with Crippen molar-refractivity contribution in [3.05, 3.63) is 23.9 Å². The maximum atomic E-state index is 12.6. The lowest BCUT2D eigenvalue weighted by Gasteiger charge is -2.37. The lowest BCUT2D eigenvalue weighted by atomic mass is 9.97. The Hall–Kier alpha value is -1.79. The quantitative estimate of drug-likeness (QED) is 0.773. The first-order chi connectivity index (χ1) is 11.9. The number of nitrogens with zero attached hydrogens (tertiary/aromatic N) is 3. The van der Waals surface area contributed by atoms with Gasteiger partial charge in [0.1, 0.15) is 5.82 Å². The van der Waals surface area contributed by atoms with E-state index < -0.39 is 11.7 Å². The van der Waals surface area contributed by atoms with Gasteiger partial charge in [0.2, 0.25) is 5.91 Å². The van der Waals surface area contributed by atoms with Gasteiger partial charge in [-0.05, 0) is 25.0 Å². The molecule has 140 valence electrons. The molecule has 1 saturated heterocycles. The standard InChI is InChI=1S/C18H26F3N3O/c1-3-5-6-14(4-2)17(25)24-11-9-23(10-12-24)16-8-7-15(13-22-16)18(19,20)21/h7-8,13-14H,3-6,9-12H2,1-2H3. The predicted octanol–water partition coefficient (Wildman–Crippen LogP) is 3.97. The van der Waals surface area contributed by atoms with Crippen molar-refractivity contribution in [1.82, 2.24) is 9.88 Å². The van der Waals surface area contributed by atoms with Crippen LogP contribution in [0.3, 0.4) is 0 Å². The first kappa shape index (κ1) is 19.5. The Morgan fingerprint density at radius 2 is 1.88 bits per heavy atom. The van der Waals surface area contributed by atoms with Gasteiger partial charge in [-0.25, -0.2) is 4.98 Å². The van der Waals surface area contributed by atoms with Crippen LogP contribution in [0, 0.1) is 5.92 Å². The Morgan fingerprint density at radius 3 is 2.36 bits per heavy atom. The number of halogens is 3. The second-order valence-corrected chi connectivity index (χ2v) is 6.46. The summed E-state index contributed by atoms with van der Waals surface area (Å²) in [6.07, 6.45) is 0.401. The molecule has 25 heavy (non-hydrogen) atoms. The number of unbranched alkanes of at least 4 members (excludes halogenated alkanes) is 1. The number of hydrogen-bond donors (Lipinski definition) is 0. The van der Waals surface area contributed by atoms with E-state index in [-0.39, 0.29) is 11.8 Å². The summed E-state index contributed by atoms with van der Waals surface area (Å²) < 4.78 is 37.8. The van der Waals surface area contributed by atoms with Gasteiger partial charge in [-0.15, -0.1) is 0 Å². The average molecular weight is 357 g/mol. The zero-order valence-electron chi connectivity index (χ0n) is 14.9. The molecule has 1 unspecified atom stereocenters. The van der Waals surface area contributed by atoms with Crippen LogP contribution in [0.2, 0.25) is 0 Å². The Bertz CT molecular complexity index is 552. The van der Waals surface area contributed by atoms with Gasteiger partial charge in [0.15, 0.2) is 0 Å². The summed E-state index contributed by atoms with van der Waals surface area (Å²) in [4.78, 5) is 20.3. The van der Waals surface area contributed by atoms with Gasteiger partial charge in [-0.3, -0.25) is 4.79 Å². The Balaban J connectivity index is 1.91.